The van der Waals surface area contributed by atoms with Crippen molar-refractivity contribution in [2.75, 3.05) is 13.1 Å². The third-order valence-electron chi connectivity index (χ3n) is 6.06. The highest BCUT2D eigenvalue weighted by Crippen LogP contribution is 2.26. The van der Waals surface area contributed by atoms with Crippen LogP contribution in [-0.4, -0.2) is 58.6 Å². The minimum atomic E-state index is -0.366. The number of benzene rings is 2. The molecule has 2 aliphatic rings. The van der Waals surface area contributed by atoms with Crippen molar-refractivity contribution in [3.63, 3.8) is 0 Å². The SMILES string of the molecule is CC(C)N1C(=O)c2ccc(C(=O)NC3CCN(C(=O)/C=C/c4ccccc4)CC3)cc2C1=O. The topological polar surface area (TPSA) is 86.8 Å². The number of hydrogen-bond acceptors (Lipinski definition) is 4. The molecule has 2 aromatic rings. The van der Waals surface area contributed by atoms with Gasteiger partial charge in [0.1, 0.15) is 0 Å². The summed E-state index contributed by atoms with van der Waals surface area (Å²) >= 11 is 0. The van der Waals surface area contributed by atoms with Crippen LogP contribution in [0, 0.1) is 0 Å². The number of carbonyl (C=O) groups is 4. The second-order valence-electron chi connectivity index (χ2n) is 8.65. The lowest BCUT2D eigenvalue weighted by molar-refractivity contribution is -0.127. The molecule has 7 nitrogen and oxygen atoms in total. The molecule has 1 N–H and O–H groups in total. The summed E-state index contributed by atoms with van der Waals surface area (Å²) in [6.07, 6.45) is 4.69. The molecule has 33 heavy (non-hydrogen) atoms. The van der Waals surface area contributed by atoms with Crippen LogP contribution in [-0.2, 0) is 4.79 Å². The third-order valence-corrected chi connectivity index (χ3v) is 6.06. The minimum Gasteiger partial charge on any atom is -0.349 e. The molecule has 4 rings (SSSR count). The van der Waals surface area contributed by atoms with E-state index in [2.05, 4.69) is 5.32 Å². The zero-order valence-corrected chi connectivity index (χ0v) is 18.8. The lowest BCUT2D eigenvalue weighted by Gasteiger charge is -2.31. The van der Waals surface area contributed by atoms with Gasteiger partial charge in [0.15, 0.2) is 0 Å². The second-order valence-corrected chi connectivity index (χ2v) is 8.65. The van der Waals surface area contributed by atoms with E-state index in [0.29, 0.717) is 37.1 Å². The van der Waals surface area contributed by atoms with Crippen LogP contribution >= 0.6 is 0 Å². The number of likely N-dealkylation sites (tertiary alicyclic amines) is 1. The van der Waals surface area contributed by atoms with Crippen molar-refractivity contribution >= 4 is 29.7 Å². The Balaban J connectivity index is 1.33. The van der Waals surface area contributed by atoms with Crippen LogP contribution in [0.1, 0.15) is 63.3 Å². The van der Waals surface area contributed by atoms with E-state index >= 15 is 0 Å². The quantitative estimate of drug-likeness (QED) is 0.566. The number of rotatable bonds is 5. The molecule has 1 saturated heterocycles. The lowest BCUT2D eigenvalue weighted by atomic mass is 10.0. The number of nitrogens with one attached hydrogen (secondary N) is 1. The summed E-state index contributed by atoms with van der Waals surface area (Å²) in [6.45, 7) is 4.68. The van der Waals surface area contributed by atoms with Gasteiger partial charge in [0.25, 0.3) is 17.7 Å². The number of imide groups is 1. The molecule has 170 valence electrons. The Kier molecular flexibility index (Phi) is 6.40. The van der Waals surface area contributed by atoms with Crippen LogP contribution in [0.5, 0.6) is 0 Å². The Morgan fingerprint density at radius 2 is 1.64 bits per heavy atom. The first kappa shape index (κ1) is 22.5. The zero-order chi connectivity index (χ0) is 23.5. The van der Waals surface area contributed by atoms with Crippen molar-refractivity contribution < 1.29 is 19.2 Å². The number of nitrogens with zero attached hydrogens (tertiary/aromatic N) is 2. The molecular weight excluding hydrogens is 418 g/mol. The van der Waals surface area contributed by atoms with E-state index in [4.69, 9.17) is 0 Å². The highest BCUT2D eigenvalue weighted by atomic mass is 16.2. The number of hydrogen-bond donors (Lipinski definition) is 1. The standard InChI is InChI=1S/C26H27N3O4/c1-17(2)29-25(32)21-10-9-19(16-22(21)26(29)33)24(31)27-20-12-14-28(15-13-20)23(30)11-8-18-6-4-3-5-7-18/h3-11,16-17,20H,12-15H2,1-2H3,(H,27,31)/b11-8+. The van der Waals surface area contributed by atoms with Gasteiger partial charge in [-0.15, -0.1) is 0 Å². The van der Waals surface area contributed by atoms with Crippen LogP contribution < -0.4 is 5.32 Å². The Labute approximate surface area is 193 Å². The summed E-state index contributed by atoms with van der Waals surface area (Å²) in [7, 11) is 0. The molecule has 1 fully saturated rings. The summed E-state index contributed by atoms with van der Waals surface area (Å²) < 4.78 is 0. The molecule has 0 spiro atoms. The van der Waals surface area contributed by atoms with Gasteiger partial charge in [-0.1, -0.05) is 30.3 Å². The molecule has 7 heteroatoms. The Morgan fingerprint density at radius 1 is 0.970 bits per heavy atom. The van der Waals surface area contributed by atoms with Gasteiger partial charge in [0, 0.05) is 36.8 Å². The van der Waals surface area contributed by atoms with Crippen molar-refractivity contribution in [3.05, 3.63) is 76.9 Å². The molecule has 0 aromatic heterocycles. The van der Waals surface area contributed by atoms with Crippen LogP contribution in [0.2, 0.25) is 0 Å². The van der Waals surface area contributed by atoms with Gasteiger partial charge in [0.2, 0.25) is 5.91 Å². The van der Waals surface area contributed by atoms with Crippen molar-refractivity contribution in [1.82, 2.24) is 15.1 Å². The Morgan fingerprint density at radius 3 is 2.30 bits per heavy atom. The van der Waals surface area contributed by atoms with E-state index in [1.165, 1.54) is 11.0 Å². The van der Waals surface area contributed by atoms with Crippen LogP contribution in [0.15, 0.2) is 54.6 Å². The van der Waals surface area contributed by atoms with Gasteiger partial charge in [-0.2, -0.15) is 0 Å². The Bertz CT molecular complexity index is 1120. The first-order chi connectivity index (χ1) is 15.8. The van der Waals surface area contributed by atoms with E-state index in [0.717, 1.165) is 5.56 Å². The molecule has 2 heterocycles. The monoisotopic (exact) mass is 445 g/mol. The average Bonchev–Trinajstić information content (AvgIpc) is 3.08. The molecule has 0 aliphatic carbocycles. The molecule has 0 radical (unpaired) electrons. The molecular formula is C26H27N3O4. The zero-order valence-electron chi connectivity index (χ0n) is 18.8. The molecule has 0 atom stereocenters. The highest BCUT2D eigenvalue weighted by molar-refractivity contribution is 6.22. The third kappa shape index (κ3) is 4.72. The molecule has 0 saturated carbocycles. The van der Waals surface area contributed by atoms with E-state index in [9.17, 15) is 19.2 Å². The van der Waals surface area contributed by atoms with Crippen molar-refractivity contribution in [1.29, 1.82) is 0 Å². The predicted molar refractivity (Wildman–Crippen MR) is 125 cm³/mol. The van der Waals surface area contributed by atoms with Crippen LogP contribution in [0.25, 0.3) is 6.08 Å². The van der Waals surface area contributed by atoms with Gasteiger partial charge in [-0.25, -0.2) is 0 Å². The fraction of sp³-hybridized carbons (Fsp3) is 0.308. The van der Waals surface area contributed by atoms with Crippen molar-refractivity contribution in [2.24, 2.45) is 0 Å². The first-order valence-corrected chi connectivity index (χ1v) is 11.2. The van der Waals surface area contributed by atoms with E-state index < -0.39 is 0 Å². The summed E-state index contributed by atoms with van der Waals surface area (Å²) in [5.41, 5.74) is 1.93. The number of amides is 4. The smallest absolute Gasteiger partial charge is 0.261 e. The van der Waals surface area contributed by atoms with Gasteiger partial charge >= 0.3 is 0 Å². The summed E-state index contributed by atoms with van der Waals surface area (Å²) in [5, 5.41) is 3.00. The van der Waals surface area contributed by atoms with Gasteiger partial charge in [0.05, 0.1) is 11.1 Å². The summed E-state index contributed by atoms with van der Waals surface area (Å²) in [4.78, 5) is 53.2. The van der Waals surface area contributed by atoms with Crippen molar-refractivity contribution in [3.8, 4) is 0 Å². The largest absolute Gasteiger partial charge is 0.349 e. The van der Waals surface area contributed by atoms with Crippen LogP contribution in [0.4, 0.5) is 0 Å². The first-order valence-electron chi connectivity index (χ1n) is 11.2. The van der Waals surface area contributed by atoms with Crippen LogP contribution in [0.3, 0.4) is 0 Å². The predicted octanol–water partition coefficient (Wildman–Crippen LogP) is 3.13. The minimum absolute atomic E-state index is 0.0415. The molecule has 4 amide bonds. The number of fused-ring (bicyclic) bond motifs is 1. The number of carbonyl (C=O) groups excluding carboxylic acids is 4. The summed E-state index contributed by atoms with van der Waals surface area (Å²) in [6, 6.07) is 14.0. The van der Waals surface area contributed by atoms with E-state index in [1.807, 2.05) is 30.3 Å². The normalized spacial score (nSPS) is 16.6. The second kappa shape index (κ2) is 9.40. The molecule has 2 aromatic carbocycles. The Hall–Kier alpha value is -3.74. The lowest BCUT2D eigenvalue weighted by Crippen LogP contribution is -2.46. The maximum Gasteiger partial charge on any atom is 0.261 e. The number of piperidine rings is 1. The van der Waals surface area contributed by atoms with Gasteiger partial charge in [-0.05, 0) is 56.5 Å². The maximum absolute atomic E-state index is 12.8. The average molecular weight is 446 g/mol. The van der Waals surface area contributed by atoms with Gasteiger partial charge < -0.3 is 10.2 Å². The van der Waals surface area contributed by atoms with E-state index in [-0.39, 0.29) is 41.3 Å². The molecule has 2 aliphatic heterocycles. The summed E-state index contributed by atoms with van der Waals surface area (Å²) in [5.74, 6) is -1.01. The van der Waals surface area contributed by atoms with E-state index in [1.54, 1.807) is 43.0 Å². The van der Waals surface area contributed by atoms with Gasteiger partial charge in [-0.3, -0.25) is 24.1 Å². The maximum atomic E-state index is 12.8. The highest BCUT2D eigenvalue weighted by Gasteiger charge is 2.37. The molecule has 0 unspecified atom stereocenters. The molecule has 0 bridgehead atoms. The fourth-order valence-corrected chi connectivity index (χ4v) is 4.22. The fourth-order valence-electron chi connectivity index (χ4n) is 4.22. The van der Waals surface area contributed by atoms with Crippen molar-refractivity contribution in [2.45, 2.75) is 38.8 Å².